The fraction of sp³-hybridized carbons (Fsp3) is 0.294. The smallest absolute Gasteiger partial charge is 0.142 e. The molecule has 1 aliphatic carbocycles. The number of hydrogen-bond acceptors (Lipinski definition) is 2. The first-order valence-corrected chi connectivity index (χ1v) is 7.39. The van der Waals surface area contributed by atoms with E-state index in [9.17, 15) is 9.50 Å². The third-order valence-electron chi connectivity index (χ3n) is 3.81. The first kappa shape index (κ1) is 14.4. The molecule has 1 aliphatic rings. The van der Waals surface area contributed by atoms with Crippen molar-refractivity contribution in [2.75, 3.05) is 0 Å². The summed E-state index contributed by atoms with van der Waals surface area (Å²) in [5.41, 5.74) is 2.73. The average Bonchev–Trinajstić information content (AvgIpc) is 2.49. The van der Waals surface area contributed by atoms with Crippen LogP contribution in [0.2, 0.25) is 5.02 Å². The van der Waals surface area contributed by atoms with Gasteiger partial charge in [-0.1, -0.05) is 29.8 Å². The van der Waals surface area contributed by atoms with Crippen LogP contribution in [-0.2, 0) is 13.0 Å². The second kappa shape index (κ2) is 6.04. The zero-order valence-electron chi connectivity index (χ0n) is 11.5. The molecular weight excluding hydrogens is 291 g/mol. The molecule has 3 rings (SSSR count). The highest BCUT2D eigenvalue weighted by molar-refractivity contribution is 6.30. The molecule has 0 amide bonds. The maximum Gasteiger partial charge on any atom is 0.142 e. The predicted molar refractivity (Wildman–Crippen MR) is 80.1 cm³/mol. The number of aliphatic hydroxyl groups excluding tert-OH is 1. The summed E-state index contributed by atoms with van der Waals surface area (Å²) in [6.45, 7) is 0.278. The van der Waals surface area contributed by atoms with Crippen molar-refractivity contribution < 1.29 is 14.2 Å². The van der Waals surface area contributed by atoms with Crippen molar-refractivity contribution in [2.24, 2.45) is 0 Å². The van der Waals surface area contributed by atoms with E-state index in [1.54, 1.807) is 6.07 Å². The van der Waals surface area contributed by atoms with Crippen molar-refractivity contribution in [1.82, 2.24) is 0 Å². The van der Waals surface area contributed by atoms with E-state index in [1.165, 1.54) is 12.1 Å². The van der Waals surface area contributed by atoms with Crippen LogP contribution >= 0.6 is 11.6 Å². The van der Waals surface area contributed by atoms with Gasteiger partial charge in [-0.15, -0.1) is 0 Å². The summed E-state index contributed by atoms with van der Waals surface area (Å²) in [6.07, 6.45) is 2.23. The summed E-state index contributed by atoms with van der Waals surface area (Å²) in [7, 11) is 0. The van der Waals surface area contributed by atoms with Gasteiger partial charge in [0.2, 0.25) is 0 Å². The van der Waals surface area contributed by atoms with Gasteiger partial charge in [0, 0.05) is 0 Å². The minimum Gasteiger partial charge on any atom is -0.489 e. The van der Waals surface area contributed by atoms with Crippen molar-refractivity contribution in [3.8, 4) is 5.75 Å². The molecular formula is C17H16ClFO2. The molecule has 0 radical (unpaired) electrons. The molecule has 2 aromatic carbocycles. The third-order valence-corrected chi connectivity index (χ3v) is 4.12. The number of rotatable bonds is 3. The van der Waals surface area contributed by atoms with Crippen LogP contribution in [0.25, 0.3) is 0 Å². The van der Waals surface area contributed by atoms with Crippen molar-refractivity contribution in [3.63, 3.8) is 0 Å². The Morgan fingerprint density at radius 3 is 2.95 bits per heavy atom. The van der Waals surface area contributed by atoms with Crippen LogP contribution in [0.4, 0.5) is 4.39 Å². The molecule has 0 saturated heterocycles. The lowest BCUT2D eigenvalue weighted by Crippen LogP contribution is -2.11. The quantitative estimate of drug-likeness (QED) is 0.909. The molecule has 0 bridgehead atoms. The van der Waals surface area contributed by atoms with Crippen LogP contribution in [0.15, 0.2) is 36.4 Å². The van der Waals surface area contributed by atoms with Gasteiger partial charge in [-0.3, -0.25) is 0 Å². The van der Waals surface area contributed by atoms with Gasteiger partial charge >= 0.3 is 0 Å². The molecule has 1 N–H and O–H groups in total. The Balaban J connectivity index is 1.79. The standard InChI is InChI=1S/C17H16ClFO2/c18-14-8-7-11(9-15(14)19)10-21-17-6-2-3-12-13(17)4-1-5-16(12)20/h2-3,6-9,16,20H,1,4-5,10H2. The molecule has 0 aromatic heterocycles. The molecule has 1 atom stereocenters. The van der Waals surface area contributed by atoms with Crippen molar-refractivity contribution in [3.05, 3.63) is 63.9 Å². The van der Waals surface area contributed by atoms with Crippen LogP contribution in [0.5, 0.6) is 5.75 Å². The van der Waals surface area contributed by atoms with Crippen LogP contribution < -0.4 is 4.74 Å². The summed E-state index contributed by atoms with van der Waals surface area (Å²) in [5, 5.41) is 10.1. The Morgan fingerprint density at radius 2 is 2.14 bits per heavy atom. The lowest BCUT2D eigenvalue weighted by atomic mass is 9.89. The van der Waals surface area contributed by atoms with Gasteiger partial charge in [0.1, 0.15) is 18.2 Å². The fourth-order valence-corrected chi connectivity index (χ4v) is 2.83. The second-order valence-electron chi connectivity index (χ2n) is 5.27. The molecule has 0 heterocycles. The highest BCUT2D eigenvalue weighted by Gasteiger charge is 2.20. The van der Waals surface area contributed by atoms with E-state index >= 15 is 0 Å². The lowest BCUT2D eigenvalue weighted by molar-refractivity contribution is 0.155. The lowest BCUT2D eigenvalue weighted by Gasteiger charge is -2.23. The van der Waals surface area contributed by atoms with E-state index in [4.69, 9.17) is 16.3 Å². The maximum absolute atomic E-state index is 13.4. The van der Waals surface area contributed by atoms with Gasteiger partial charge in [-0.2, -0.15) is 0 Å². The fourth-order valence-electron chi connectivity index (χ4n) is 2.72. The van der Waals surface area contributed by atoms with Gasteiger partial charge in [0.15, 0.2) is 0 Å². The van der Waals surface area contributed by atoms with Crippen molar-refractivity contribution >= 4 is 11.6 Å². The summed E-state index contributed by atoms with van der Waals surface area (Å²) >= 11 is 5.67. The average molecular weight is 307 g/mol. The zero-order valence-corrected chi connectivity index (χ0v) is 12.2. The third kappa shape index (κ3) is 3.04. The highest BCUT2D eigenvalue weighted by atomic mass is 35.5. The molecule has 21 heavy (non-hydrogen) atoms. The molecule has 1 unspecified atom stereocenters. The molecule has 2 aromatic rings. The van der Waals surface area contributed by atoms with Crippen molar-refractivity contribution in [2.45, 2.75) is 32.0 Å². The topological polar surface area (TPSA) is 29.5 Å². The molecule has 0 aliphatic heterocycles. The van der Waals surface area contributed by atoms with E-state index in [1.807, 2.05) is 18.2 Å². The molecule has 0 spiro atoms. The Bertz CT molecular complexity index is 657. The van der Waals surface area contributed by atoms with Gasteiger partial charge in [0.25, 0.3) is 0 Å². The van der Waals surface area contributed by atoms with E-state index in [0.29, 0.717) is 0 Å². The van der Waals surface area contributed by atoms with Gasteiger partial charge in [-0.25, -0.2) is 4.39 Å². The van der Waals surface area contributed by atoms with Gasteiger partial charge in [-0.05, 0) is 54.2 Å². The Hall–Kier alpha value is -1.58. The van der Waals surface area contributed by atoms with Crippen LogP contribution in [0, 0.1) is 5.82 Å². The summed E-state index contributed by atoms with van der Waals surface area (Å²) in [5.74, 6) is 0.324. The monoisotopic (exact) mass is 306 g/mol. The normalized spacial score (nSPS) is 17.4. The van der Waals surface area contributed by atoms with Gasteiger partial charge < -0.3 is 9.84 Å². The molecule has 4 heteroatoms. The SMILES string of the molecule is OC1CCCc2c(OCc3ccc(Cl)c(F)c3)cccc21. The van der Waals surface area contributed by atoms with Crippen molar-refractivity contribution in [1.29, 1.82) is 0 Å². The summed E-state index contributed by atoms with van der Waals surface area (Å²) in [6, 6.07) is 10.4. The van der Waals surface area contributed by atoms with Crippen LogP contribution in [-0.4, -0.2) is 5.11 Å². The number of aliphatic hydroxyl groups is 1. The molecule has 2 nitrogen and oxygen atoms in total. The van der Waals surface area contributed by atoms with Gasteiger partial charge in [0.05, 0.1) is 11.1 Å². The number of halogens is 2. The Labute approximate surface area is 128 Å². The van der Waals surface area contributed by atoms with E-state index in [0.717, 1.165) is 41.7 Å². The zero-order chi connectivity index (χ0) is 14.8. The Kier molecular flexibility index (Phi) is 4.13. The van der Waals surface area contributed by atoms with Crippen LogP contribution in [0.3, 0.4) is 0 Å². The van der Waals surface area contributed by atoms with E-state index in [-0.39, 0.29) is 11.6 Å². The second-order valence-corrected chi connectivity index (χ2v) is 5.68. The predicted octanol–water partition coefficient (Wildman–Crippen LogP) is 4.43. The highest BCUT2D eigenvalue weighted by Crippen LogP contribution is 2.35. The number of ether oxygens (including phenoxy) is 1. The first-order valence-electron chi connectivity index (χ1n) is 7.02. The minimum absolute atomic E-state index is 0.110. The summed E-state index contributed by atoms with van der Waals surface area (Å²) < 4.78 is 19.2. The Morgan fingerprint density at radius 1 is 1.29 bits per heavy atom. The van der Waals surface area contributed by atoms with Crippen LogP contribution in [0.1, 0.15) is 35.6 Å². The van der Waals surface area contributed by atoms with E-state index < -0.39 is 11.9 Å². The molecule has 0 saturated carbocycles. The largest absolute Gasteiger partial charge is 0.489 e. The number of benzene rings is 2. The maximum atomic E-state index is 13.4. The first-order chi connectivity index (χ1) is 10.1. The molecule has 110 valence electrons. The summed E-state index contributed by atoms with van der Waals surface area (Å²) in [4.78, 5) is 0. The number of hydrogen-bond donors (Lipinski definition) is 1. The number of fused-ring (bicyclic) bond motifs is 1. The molecule has 0 fully saturated rings. The van der Waals surface area contributed by atoms with E-state index in [2.05, 4.69) is 0 Å². The minimum atomic E-state index is -0.441.